The van der Waals surface area contributed by atoms with E-state index in [9.17, 15) is 49.1 Å². The van der Waals surface area contributed by atoms with E-state index >= 15 is 0 Å². The summed E-state index contributed by atoms with van der Waals surface area (Å²) in [5, 5.41) is 0. The van der Waals surface area contributed by atoms with Crippen LogP contribution in [-0.4, -0.2) is 30.4 Å². The second kappa shape index (κ2) is 12.8. The number of nitrogens with zero attached hydrogens (tertiary/aromatic N) is 1. The van der Waals surface area contributed by atoms with Crippen molar-refractivity contribution < 1.29 is 58.6 Å². The summed E-state index contributed by atoms with van der Waals surface area (Å²) in [5.74, 6) is 0.255. The highest BCUT2D eigenvalue weighted by molar-refractivity contribution is 5.83. The summed E-state index contributed by atoms with van der Waals surface area (Å²) >= 11 is 0. The number of rotatable bonds is 7. The van der Waals surface area contributed by atoms with Crippen LogP contribution in [0.25, 0.3) is 22.3 Å². The van der Waals surface area contributed by atoms with Crippen LogP contribution in [0.5, 0.6) is 5.75 Å². The number of aldehydes is 1. The predicted octanol–water partition coefficient (Wildman–Crippen LogP) is 10.3. The first-order valence-electron chi connectivity index (χ1n) is 14.5. The zero-order valence-corrected chi connectivity index (χ0v) is 25.8. The van der Waals surface area contributed by atoms with Crippen molar-refractivity contribution in [2.45, 2.75) is 51.1 Å². The number of aryl methyl sites for hydroxylation is 1. The highest BCUT2D eigenvalue weighted by Crippen LogP contribution is 2.43. The van der Waals surface area contributed by atoms with Gasteiger partial charge in [0.25, 0.3) is 0 Å². The first-order valence-corrected chi connectivity index (χ1v) is 14.5. The van der Waals surface area contributed by atoms with Gasteiger partial charge in [-0.3, -0.25) is 9.69 Å². The molecule has 0 saturated carbocycles. The lowest BCUT2D eigenvalue weighted by molar-refractivity contribution is -0.143. The van der Waals surface area contributed by atoms with Gasteiger partial charge in [-0.05, 0) is 95.8 Å². The zero-order chi connectivity index (χ0) is 36.1. The van der Waals surface area contributed by atoms with E-state index in [1.54, 1.807) is 43.3 Å². The van der Waals surface area contributed by atoms with Gasteiger partial charge in [-0.2, -0.15) is 39.5 Å². The van der Waals surface area contributed by atoms with Crippen LogP contribution in [0.15, 0.2) is 72.8 Å². The summed E-state index contributed by atoms with van der Waals surface area (Å²) < 4.78 is 134. The van der Waals surface area contributed by atoms with Gasteiger partial charge in [0.05, 0.1) is 36.4 Å². The van der Waals surface area contributed by atoms with Gasteiger partial charge < -0.3 is 9.47 Å². The molecule has 0 bridgehead atoms. The summed E-state index contributed by atoms with van der Waals surface area (Å²) in [6, 6.07) is 12.4. The predicted molar refractivity (Wildman–Crippen MR) is 160 cm³/mol. The number of alkyl halides is 9. The topological polar surface area (TPSA) is 55.8 Å². The molecule has 4 aromatic rings. The van der Waals surface area contributed by atoms with E-state index < -0.39 is 65.6 Å². The van der Waals surface area contributed by atoms with Crippen LogP contribution in [0.1, 0.15) is 56.8 Å². The summed E-state index contributed by atoms with van der Waals surface area (Å²) in [7, 11) is 1.35. The number of carbonyl (C=O) groups is 2. The molecule has 0 radical (unpaired) electrons. The molecule has 0 N–H and O–H groups in total. The van der Waals surface area contributed by atoms with Crippen LogP contribution in [0.3, 0.4) is 0 Å². The number of hydrogen-bond acceptors (Lipinski definition) is 4. The van der Waals surface area contributed by atoms with Gasteiger partial charge in [0.2, 0.25) is 0 Å². The van der Waals surface area contributed by atoms with E-state index in [-0.39, 0.29) is 22.9 Å². The molecule has 258 valence electrons. The maximum absolute atomic E-state index is 13.9. The van der Waals surface area contributed by atoms with E-state index in [1.165, 1.54) is 20.1 Å². The molecule has 4 aromatic carbocycles. The van der Waals surface area contributed by atoms with Crippen molar-refractivity contribution in [3.8, 4) is 28.0 Å². The number of ether oxygens (including phenoxy) is 2. The van der Waals surface area contributed by atoms with Crippen LogP contribution in [0, 0.1) is 6.92 Å². The highest BCUT2D eigenvalue weighted by Gasteiger charge is 2.44. The van der Waals surface area contributed by atoms with Gasteiger partial charge in [0.15, 0.2) is 0 Å². The smallest absolute Gasteiger partial charge is 0.416 e. The number of cyclic esters (lactones) is 1. The lowest BCUT2D eigenvalue weighted by atomic mass is 9.91. The van der Waals surface area contributed by atoms with Crippen molar-refractivity contribution in [1.82, 2.24) is 4.90 Å². The lowest BCUT2D eigenvalue weighted by Gasteiger charge is -2.24. The Balaban J connectivity index is 1.59. The fourth-order valence-electron chi connectivity index (χ4n) is 5.82. The molecule has 1 amide bonds. The van der Waals surface area contributed by atoms with Gasteiger partial charge in [-0.25, -0.2) is 4.79 Å². The molecule has 0 spiro atoms. The monoisotopic (exact) mass is 695 g/mol. The van der Waals surface area contributed by atoms with Crippen molar-refractivity contribution >= 4 is 12.4 Å². The quantitative estimate of drug-likeness (QED) is 0.143. The Labute approximate surface area is 273 Å². The van der Waals surface area contributed by atoms with E-state index in [0.717, 1.165) is 22.6 Å². The van der Waals surface area contributed by atoms with Crippen molar-refractivity contribution in [2.24, 2.45) is 0 Å². The average molecular weight is 696 g/mol. The molecule has 5 nitrogen and oxygen atoms in total. The zero-order valence-electron chi connectivity index (χ0n) is 25.8. The van der Waals surface area contributed by atoms with Gasteiger partial charge in [0.1, 0.15) is 18.1 Å². The van der Waals surface area contributed by atoms with Crippen LogP contribution in [-0.2, 0) is 29.8 Å². The minimum atomic E-state index is -5.16. The van der Waals surface area contributed by atoms with E-state index in [4.69, 9.17) is 9.47 Å². The summed E-state index contributed by atoms with van der Waals surface area (Å²) in [6.07, 6.45) is -17.2. The van der Waals surface area contributed by atoms with Gasteiger partial charge >= 0.3 is 24.6 Å². The van der Waals surface area contributed by atoms with Crippen LogP contribution >= 0.6 is 0 Å². The molecule has 2 atom stereocenters. The number of carbonyl (C=O) groups excluding carboxylic acids is 2. The Kier molecular flexibility index (Phi) is 9.21. The number of halogens is 9. The van der Waals surface area contributed by atoms with E-state index in [2.05, 4.69) is 0 Å². The minimum absolute atomic E-state index is 0.0530. The fraction of sp³-hybridized carbons (Fsp3) is 0.257. The molecule has 1 aliphatic heterocycles. The number of amides is 1. The second-order valence-electron chi connectivity index (χ2n) is 11.5. The Morgan fingerprint density at radius 1 is 0.755 bits per heavy atom. The number of hydrogen-bond donors (Lipinski definition) is 0. The number of methoxy groups -OCH3 is 1. The first-order chi connectivity index (χ1) is 22.8. The Morgan fingerprint density at radius 3 is 1.92 bits per heavy atom. The highest BCUT2D eigenvalue weighted by atomic mass is 19.4. The molecule has 1 heterocycles. The van der Waals surface area contributed by atoms with E-state index in [0.29, 0.717) is 40.7 Å². The molecule has 0 unspecified atom stereocenters. The summed E-state index contributed by atoms with van der Waals surface area (Å²) in [6.45, 7) is 2.53. The maximum Gasteiger partial charge on any atom is 0.416 e. The second-order valence-corrected chi connectivity index (χ2v) is 11.5. The summed E-state index contributed by atoms with van der Waals surface area (Å²) in [5.41, 5.74) is -1.89. The first kappa shape index (κ1) is 35.3. The standard InChI is InChI=1S/C35H26F9NO4/c1-18-10-20(17-46)4-7-27(18)21-5-9-30(48-3)29(14-21)28-8-6-24(33(36,37)38)13-23(28)16-45-19(2)31(49-32(45)47)22-11-25(34(39,40)41)15-26(12-22)35(42,43)44/h4-15,17,19,31H,16H2,1-3H3/t19-,31-/m0/s1. The van der Waals surface area contributed by atoms with Gasteiger partial charge in [-0.1, -0.05) is 24.3 Å². The molecule has 0 aromatic heterocycles. The molecule has 14 heteroatoms. The summed E-state index contributed by atoms with van der Waals surface area (Å²) in [4.78, 5) is 25.3. The maximum atomic E-state index is 13.9. The lowest BCUT2D eigenvalue weighted by Crippen LogP contribution is -2.32. The van der Waals surface area contributed by atoms with Gasteiger partial charge in [0, 0.05) is 11.1 Å². The molecule has 1 saturated heterocycles. The van der Waals surface area contributed by atoms with Crippen molar-refractivity contribution in [1.29, 1.82) is 0 Å². The van der Waals surface area contributed by atoms with Crippen LogP contribution in [0.4, 0.5) is 44.3 Å². The molecule has 1 aliphatic rings. The average Bonchev–Trinajstić information content (AvgIpc) is 3.31. The van der Waals surface area contributed by atoms with Crippen molar-refractivity contribution in [3.63, 3.8) is 0 Å². The van der Waals surface area contributed by atoms with E-state index in [1.807, 2.05) is 0 Å². The molecule has 49 heavy (non-hydrogen) atoms. The number of benzene rings is 4. The molecule has 0 aliphatic carbocycles. The molecular weight excluding hydrogens is 669 g/mol. The molecule has 1 fully saturated rings. The third-order valence-corrected chi connectivity index (χ3v) is 8.29. The third kappa shape index (κ3) is 7.22. The van der Waals surface area contributed by atoms with Crippen LogP contribution in [0.2, 0.25) is 0 Å². The van der Waals surface area contributed by atoms with Crippen LogP contribution < -0.4 is 4.74 Å². The molecule has 5 rings (SSSR count). The largest absolute Gasteiger partial charge is 0.496 e. The Hall–Kier alpha value is -5.01. The van der Waals surface area contributed by atoms with Crippen molar-refractivity contribution in [2.75, 3.05) is 7.11 Å². The third-order valence-electron chi connectivity index (χ3n) is 8.29. The fourth-order valence-corrected chi connectivity index (χ4v) is 5.82. The van der Waals surface area contributed by atoms with Crippen molar-refractivity contribution in [3.05, 3.63) is 112 Å². The van der Waals surface area contributed by atoms with Gasteiger partial charge in [-0.15, -0.1) is 0 Å². The SMILES string of the molecule is COc1ccc(-c2ccc(C=O)cc2C)cc1-c1ccc(C(F)(F)F)cc1CN1C(=O)O[C@H](c2cc(C(F)(F)F)cc(C(F)(F)F)c2)[C@@H]1C. The minimum Gasteiger partial charge on any atom is -0.496 e. The Morgan fingerprint density at radius 2 is 1.37 bits per heavy atom. The Bertz CT molecular complexity index is 1880. The normalized spacial score (nSPS) is 16.9. The molecular formula is C35H26F9NO4.